The van der Waals surface area contributed by atoms with Gasteiger partial charge in [-0.15, -0.1) is 0 Å². The average Bonchev–Trinajstić information content (AvgIpc) is 2.69. The zero-order valence-corrected chi connectivity index (χ0v) is 12.8. The Bertz CT molecular complexity index is 444. The first-order valence-corrected chi connectivity index (χ1v) is 6.71. The topological polar surface area (TPSA) is 58.4 Å². The maximum Gasteiger partial charge on any atom is 0.271 e. The second-order valence-electron chi connectivity index (χ2n) is 5.90. The van der Waals surface area contributed by atoms with Crippen LogP contribution in [0.4, 0.5) is 0 Å². The Morgan fingerprint density at radius 1 is 1.53 bits per heavy atom. The standard InChI is InChI=1S/C14H25N3O2/c1-7-17-12(8-11(15-17)10(2)3)13(18)16(6)9-14(4,5)19/h8,10,19H,7,9H2,1-6H3. The molecule has 1 rings (SSSR count). The fraction of sp³-hybridized carbons (Fsp3) is 0.714. The van der Waals surface area contributed by atoms with Gasteiger partial charge in [0, 0.05) is 20.1 Å². The third-order valence-electron chi connectivity index (χ3n) is 2.88. The normalized spacial score (nSPS) is 12.0. The van der Waals surface area contributed by atoms with Gasteiger partial charge in [0.2, 0.25) is 0 Å². The lowest BCUT2D eigenvalue weighted by atomic mass is 10.1. The molecule has 0 saturated carbocycles. The SMILES string of the molecule is CCn1nc(C(C)C)cc1C(=O)N(C)CC(C)(C)O. The summed E-state index contributed by atoms with van der Waals surface area (Å²) in [6.07, 6.45) is 0. The molecule has 1 heterocycles. The highest BCUT2D eigenvalue weighted by molar-refractivity contribution is 5.92. The molecule has 1 aromatic heterocycles. The summed E-state index contributed by atoms with van der Waals surface area (Å²) in [7, 11) is 1.70. The van der Waals surface area contributed by atoms with Crippen molar-refractivity contribution in [1.29, 1.82) is 0 Å². The fourth-order valence-corrected chi connectivity index (χ4v) is 1.98. The molecule has 0 aliphatic rings. The molecule has 1 amide bonds. The Kier molecular flexibility index (Phi) is 4.74. The Morgan fingerprint density at radius 2 is 2.11 bits per heavy atom. The van der Waals surface area contributed by atoms with Gasteiger partial charge in [0.15, 0.2) is 0 Å². The molecule has 19 heavy (non-hydrogen) atoms. The van der Waals surface area contributed by atoms with E-state index in [1.165, 1.54) is 4.90 Å². The van der Waals surface area contributed by atoms with Crippen LogP contribution in [0, 0.1) is 0 Å². The number of hydrogen-bond acceptors (Lipinski definition) is 3. The van der Waals surface area contributed by atoms with E-state index >= 15 is 0 Å². The van der Waals surface area contributed by atoms with Gasteiger partial charge in [-0.2, -0.15) is 5.10 Å². The summed E-state index contributed by atoms with van der Waals surface area (Å²) >= 11 is 0. The van der Waals surface area contributed by atoms with Crippen molar-refractivity contribution in [3.63, 3.8) is 0 Å². The van der Waals surface area contributed by atoms with E-state index in [1.54, 1.807) is 25.6 Å². The molecular weight excluding hydrogens is 242 g/mol. The van der Waals surface area contributed by atoms with E-state index in [-0.39, 0.29) is 12.5 Å². The van der Waals surface area contributed by atoms with Gasteiger partial charge in [0.1, 0.15) is 5.69 Å². The molecular formula is C14H25N3O2. The van der Waals surface area contributed by atoms with Crippen molar-refractivity contribution < 1.29 is 9.90 Å². The number of aliphatic hydroxyl groups is 1. The lowest BCUT2D eigenvalue weighted by Crippen LogP contribution is -2.40. The number of aromatic nitrogens is 2. The van der Waals surface area contributed by atoms with Gasteiger partial charge in [0.05, 0.1) is 11.3 Å². The molecule has 5 nitrogen and oxygen atoms in total. The second-order valence-corrected chi connectivity index (χ2v) is 5.90. The first-order valence-electron chi connectivity index (χ1n) is 6.71. The molecule has 0 aliphatic carbocycles. The summed E-state index contributed by atoms with van der Waals surface area (Å²) < 4.78 is 1.72. The Hall–Kier alpha value is -1.36. The minimum Gasteiger partial charge on any atom is -0.389 e. The number of carbonyl (C=O) groups excluding carboxylic acids is 1. The largest absolute Gasteiger partial charge is 0.389 e. The predicted molar refractivity (Wildman–Crippen MR) is 75.2 cm³/mol. The third-order valence-corrected chi connectivity index (χ3v) is 2.88. The van der Waals surface area contributed by atoms with Crippen molar-refractivity contribution in [2.45, 2.75) is 52.7 Å². The minimum atomic E-state index is -0.900. The summed E-state index contributed by atoms with van der Waals surface area (Å²) in [5.41, 5.74) is 0.599. The van der Waals surface area contributed by atoms with Crippen LogP contribution in [0.5, 0.6) is 0 Å². The lowest BCUT2D eigenvalue weighted by molar-refractivity contribution is 0.0361. The first kappa shape index (κ1) is 15.7. The summed E-state index contributed by atoms with van der Waals surface area (Å²) in [5, 5.41) is 14.2. The maximum absolute atomic E-state index is 12.4. The molecule has 0 aromatic carbocycles. The molecule has 108 valence electrons. The summed E-state index contributed by atoms with van der Waals surface area (Å²) in [5.74, 6) is 0.183. The number of carbonyl (C=O) groups is 1. The Labute approximate surface area is 115 Å². The van der Waals surface area contributed by atoms with Crippen LogP contribution in [0.3, 0.4) is 0 Å². The summed E-state index contributed by atoms with van der Waals surface area (Å²) in [6, 6.07) is 1.84. The maximum atomic E-state index is 12.4. The van der Waals surface area contributed by atoms with Gasteiger partial charge in [-0.1, -0.05) is 13.8 Å². The summed E-state index contributed by atoms with van der Waals surface area (Å²) in [6.45, 7) is 10.4. The van der Waals surface area contributed by atoms with Gasteiger partial charge < -0.3 is 10.0 Å². The monoisotopic (exact) mass is 267 g/mol. The number of rotatable bonds is 5. The molecule has 0 spiro atoms. The minimum absolute atomic E-state index is 0.108. The number of hydrogen-bond donors (Lipinski definition) is 1. The zero-order chi connectivity index (χ0) is 14.8. The molecule has 0 radical (unpaired) electrons. The van der Waals surface area contributed by atoms with Crippen molar-refractivity contribution >= 4 is 5.91 Å². The van der Waals surface area contributed by atoms with Gasteiger partial charge in [-0.3, -0.25) is 9.48 Å². The van der Waals surface area contributed by atoms with Crippen LogP contribution in [0.15, 0.2) is 6.07 Å². The van der Waals surface area contributed by atoms with Crippen molar-refractivity contribution in [3.05, 3.63) is 17.5 Å². The molecule has 0 fully saturated rings. The van der Waals surface area contributed by atoms with Crippen LogP contribution in [-0.4, -0.2) is 44.9 Å². The smallest absolute Gasteiger partial charge is 0.271 e. The highest BCUT2D eigenvalue weighted by Gasteiger charge is 2.23. The second kappa shape index (κ2) is 5.74. The number of nitrogens with zero attached hydrogens (tertiary/aromatic N) is 3. The average molecular weight is 267 g/mol. The van der Waals surface area contributed by atoms with Gasteiger partial charge in [0.25, 0.3) is 5.91 Å². The molecule has 1 N–H and O–H groups in total. The number of likely N-dealkylation sites (N-methyl/N-ethyl adjacent to an activating group) is 1. The van der Waals surface area contributed by atoms with Crippen molar-refractivity contribution in [2.24, 2.45) is 0 Å². The van der Waals surface area contributed by atoms with E-state index in [0.29, 0.717) is 18.2 Å². The third kappa shape index (κ3) is 4.06. The first-order chi connectivity index (χ1) is 8.65. The lowest BCUT2D eigenvalue weighted by Gasteiger charge is -2.25. The summed E-state index contributed by atoms with van der Waals surface area (Å²) in [4.78, 5) is 13.9. The van der Waals surface area contributed by atoms with Crippen molar-refractivity contribution in [1.82, 2.24) is 14.7 Å². The quantitative estimate of drug-likeness (QED) is 0.886. The van der Waals surface area contributed by atoms with Crippen molar-refractivity contribution in [2.75, 3.05) is 13.6 Å². The molecule has 5 heteroatoms. The van der Waals surface area contributed by atoms with Crippen LogP contribution in [0.1, 0.15) is 56.7 Å². The highest BCUT2D eigenvalue weighted by atomic mass is 16.3. The van der Waals surface area contributed by atoms with Crippen LogP contribution < -0.4 is 0 Å². The molecule has 0 aliphatic heterocycles. The highest BCUT2D eigenvalue weighted by Crippen LogP contribution is 2.16. The van der Waals surface area contributed by atoms with E-state index in [2.05, 4.69) is 18.9 Å². The van der Waals surface area contributed by atoms with Gasteiger partial charge in [-0.25, -0.2) is 0 Å². The van der Waals surface area contributed by atoms with E-state index in [9.17, 15) is 9.90 Å². The zero-order valence-electron chi connectivity index (χ0n) is 12.8. The predicted octanol–water partition coefficient (Wildman–Crippen LogP) is 1.87. The van der Waals surface area contributed by atoms with Crippen LogP contribution in [0.2, 0.25) is 0 Å². The number of amides is 1. The molecule has 0 saturated heterocycles. The van der Waals surface area contributed by atoms with E-state index in [0.717, 1.165) is 5.69 Å². The molecule has 0 atom stereocenters. The fourth-order valence-electron chi connectivity index (χ4n) is 1.98. The van der Waals surface area contributed by atoms with E-state index in [4.69, 9.17) is 0 Å². The molecule has 1 aromatic rings. The van der Waals surface area contributed by atoms with Crippen LogP contribution >= 0.6 is 0 Å². The molecule has 0 bridgehead atoms. The van der Waals surface area contributed by atoms with Crippen LogP contribution in [0.25, 0.3) is 0 Å². The van der Waals surface area contributed by atoms with Gasteiger partial charge in [-0.05, 0) is 32.8 Å². The van der Waals surface area contributed by atoms with E-state index < -0.39 is 5.60 Å². The Morgan fingerprint density at radius 3 is 2.53 bits per heavy atom. The van der Waals surface area contributed by atoms with Crippen molar-refractivity contribution in [3.8, 4) is 0 Å². The number of aryl methyl sites for hydroxylation is 1. The Balaban J connectivity index is 2.98. The molecule has 0 unspecified atom stereocenters. The van der Waals surface area contributed by atoms with Crippen LogP contribution in [-0.2, 0) is 6.54 Å². The van der Waals surface area contributed by atoms with Gasteiger partial charge >= 0.3 is 0 Å². The van der Waals surface area contributed by atoms with E-state index in [1.807, 2.05) is 13.0 Å².